The van der Waals surface area contributed by atoms with Crippen LogP contribution in [0.4, 0.5) is 5.69 Å². The minimum absolute atomic E-state index is 0. The van der Waals surface area contributed by atoms with Gasteiger partial charge in [0.15, 0.2) is 5.69 Å². The molecule has 0 saturated heterocycles. The topological polar surface area (TPSA) is 61.7 Å². The Labute approximate surface area is 387 Å². The molecule has 7 heteroatoms. The molecule has 1 radical (unpaired) electrons. The molecule has 1 unspecified atom stereocenters. The molecule has 4 aromatic heterocycles. The van der Waals surface area contributed by atoms with E-state index < -0.39 is 5.66 Å². The average Bonchev–Trinajstić information content (AvgIpc) is 3.81. The number of rotatable bonds is 3. The van der Waals surface area contributed by atoms with E-state index in [1.807, 2.05) is 116 Å². The molecule has 3 aliphatic heterocycles. The van der Waals surface area contributed by atoms with Crippen LogP contribution in [0.3, 0.4) is 0 Å². The Morgan fingerprint density at radius 3 is 1.92 bits per heavy atom. The van der Waals surface area contributed by atoms with Gasteiger partial charge in [-0.25, -0.2) is 4.85 Å². The van der Waals surface area contributed by atoms with Gasteiger partial charge in [-0.2, -0.15) is 5.26 Å². The van der Waals surface area contributed by atoms with Gasteiger partial charge in [-0.1, -0.05) is 66.7 Å². The van der Waals surface area contributed by atoms with Crippen LogP contribution in [-0.2, 0) is 31.2 Å². The molecule has 9 aromatic rings. The van der Waals surface area contributed by atoms with Crippen molar-refractivity contribution in [2.45, 2.75) is 31.8 Å². The summed E-state index contributed by atoms with van der Waals surface area (Å²) >= 11 is 0. The van der Waals surface area contributed by atoms with Crippen LogP contribution in [0.2, 0.25) is 0 Å². The fraction of sp³-hybridized carbons (Fsp3) is 0.0877. The van der Waals surface area contributed by atoms with E-state index in [2.05, 4.69) is 129 Å². The third-order valence-electron chi connectivity index (χ3n) is 12.2. The summed E-state index contributed by atoms with van der Waals surface area (Å²) in [4.78, 5) is 12.5. The predicted octanol–water partition coefficient (Wildman–Crippen LogP) is 11.7. The monoisotopic (exact) mass is 1000 g/mol. The Kier molecular flexibility index (Phi) is 11.0. The molecule has 64 heavy (non-hydrogen) atoms. The van der Waals surface area contributed by atoms with Crippen LogP contribution in [0.5, 0.6) is 0 Å². The summed E-state index contributed by atoms with van der Waals surface area (Å²) in [5, 5.41) is 9.60. The molecular weight excluding hydrogens is 961 g/mol. The molecular formula is C57H40IrN6. The first-order valence-corrected chi connectivity index (χ1v) is 20.9. The van der Waals surface area contributed by atoms with E-state index in [0.29, 0.717) is 11.3 Å². The van der Waals surface area contributed by atoms with E-state index in [1.165, 1.54) is 33.6 Å². The molecule has 307 valence electrons. The summed E-state index contributed by atoms with van der Waals surface area (Å²) in [6.45, 7) is 14.1. The molecule has 12 rings (SSSR count). The zero-order valence-corrected chi connectivity index (χ0v) is 37.8. The van der Waals surface area contributed by atoms with Crippen molar-refractivity contribution in [2.24, 2.45) is 0 Å². The summed E-state index contributed by atoms with van der Waals surface area (Å²) in [5.41, 5.74) is 17.3. The maximum atomic E-state index is 9.60. The van der Waals surface area contributed by atoms with Gasteiger partial charge in [0, 0.05) is 56.3 Å². The summed E-state index contributed by atoms with van der Waals surface area (Å²) in [6, 6.07) is 70.1. The summed E-state index contributed by atoms with van der Waals surface area (Å²) in [5.74, 6) is 0. The van der Waals surface area contributed by atoms with Gasteiger partial charge >= 0.3 is 5.66 Å². The first-order chi connectivity index (χ1) is 30.8. The van der Waals surface area contributed by atoms with Gasteiger partial charge in [0.2, 0.25) is 22.8 Å². The second-order valence-electron chi connectivity index (χ2n) is 16.3. The fourth-order valence-corrected chi connectivity index (χ4v) is 9.41. The molecule has 0 bridgehead atoms. The van der Waals surface area contributed by atoms with E-state index in [9.17, 15) is 5.26 Å². The Morgan fingerprint density at radius 1 is 0.609 bits per heavy atom. The Hall–Kier alpha value is -7.67. The van der Waals surface area contributed by atoms with Crippen LogP contribution in [0.15, 0.2) is 188 Å². The maximum Gasteiger partial charge on any atom is 0.417 e. The molecule has 1 atom stereocenters. The number of fused-ring (bicyclic) bond motifs is 4. The van der Waals surface area contributed by atoms with Crippen LogP contribution in [0.25, 0.3) is 61.0 Å². The molecule has 0 N–H and O–H groups in total. The molecule has 0 aliphatic carbocycles. The first-order valence-electron chi connectivity index (χ1n) is 20.9. The van der Waals surface area contributed by atoms with Crippen LogP contribution >= 0.6 is 0 Å². The molecule has 0 saturated carbocycles. The van der Waals surface area contributed by atoms with Crippen LogP contribution < -0.4 is 9.13 Å². The number of aryl methyl sites for hydroxylation is 1. The predicted molar refractivity (Wildman–Crippen MR) is 246 cm³/mol. The van der Waals surface area contributed by atoms with Crippen LogP contribution in [0.1, 0.15) is 47.6 Å². The van der Waals surface area contributed by atoms with Gasteiger partial charge in [-0.05, 0) is 86.3 Å². The van der Waals surface area contributed by atoms with Gasteiger partial charge in [-0.15, -0.1) is 80.4 Å². The molecule has 7 heterocycles. The Balaban J connectivity index is 0.000000137. The zero-order chi connectivity index (χ0) is 43.1. The van der Waals surface area contributed by atoms with Gasteiger partial charge < -0.3 is 9.97 Å². The van der Waals surface area contributed by atoms with Crippen molar-refractivity contribution < 1.29 is 29.2 Å². The number of aromatic nitrogens is 4. The summed E-state index contributed by atoms with van der Waals surface area (Å²) < 4.78 is 4.94. The minimum atomic E-state index is -0.563. The summed E-state index contributed by atoms with van der Waals surface area (Å²) in [7, 11) is 0. The van der Waals surface area contributed by atoms with Crippen LogP contribution in [-0.4, -0.2) is 9.97 Å². The molecule has 6 nitrogen and oxygen atoms in total. The Bertz CT molecular complexity index is 3120. The van der Waals surface area contributed by atoms with Crippen molar-refractivity contribution in [1.29, 1.82) is 5.26 Å². The van der Waals surface area contributed by atoms with Gasteiger partial charge in [0.1, 0.15) is 16.5 Å². The number of nitrogens with zero attached hydrogens (tertiary/aromatic N) is 6. The number of hydrogen-bond acceptors (Lipinski definition) is 3. The van der Waals surface area contributed by atoms with Gasteiger partial charge in [-0.3, -0.25) is 0 Å². The first kappa shape index (κ1) is 41.7. The number of nitriles is 1. The molecule has 0 amide bonds. The largest absolute Gasteiger partial charge is 0.417 e. The molecule has 1 spiro atoms. The SMILES string of the molecule is Cc1cccc(-c2[c-]cccc2)n1.[C-]#[N+]c1ccc2c(c1)-c1cccc3[n+]1C21c2ccc(C#N)cc2-c2cccc([n+]21)C3(C)C.[Ir].[c-]1ccc(-c2ccccc2)cc1-c1ccccn1. The van der Waals surface area contributed by atoms with E-state index in [-0.39, 0.29) is 25.5 Å². The van der Waals surface area contributed by atoms with Crippen molar-refractivity contribution >= 4 is 5.69 Å². The zero-order valence-electron chi connectivity index (χ0n) is 35.4. The standard InChI is InChI=1S/C28H18N4.C17H12N.C12H10N.Ir/c1-27(2)25-8-4-6-23-19-14-17(16-29)10-12-21(19)28(31(23)25)22-13-11-18(30-3)15-20(22)24-7-5-9-26(27)32(24)28;1-2-7-14(8-3-1)15-9-6-10-16(13-15)17-11-4-5-12-18-17;1-10-6-5-9-12(13-10)11-7-3-2-4-8-11;/h4-15H,1-2H3;1-9,11-13H;2-7,9H,1H3;/q+2;2*-1;. The van der Waals surface area contributed by atoms with Gasteiger partial charge in [0.05, 0.1) is 29.3 Å². The maximum absolute atomic E-state index is 9.60. The van der Waals surface area contributed by atoms with Crippen molar-refractivity contribution in [3.05, 3.63) is 246 Å². The second-order valence-corrected chi connectivity index (χ2v) is 16.3. The molecule has 5 aromatic carbocycles. The number of pyridine rings is 4. The molecule has 0 fully saturated rings. The number of hydrogen-bond donors (Lipinski definition) is 0. The molecule has 3 aliphatic rings. The second kappa shape index (κ2) is 16.9. The van der Waals surface area contributed by atoms with Crippen molar-refractivity contribution in [1.82, 2.24) is 9.97 Å². The van der Waals surface area contributed by atoms with Crippen molar-refractivity contribution in [2.75, 3.05) is 0 Å². The average molecular weight is 1000 g/mol. The smallest absolute Gasteiger partial charge is 0.305 e. The normalized spacial score (nSPS) is 14.5. The number of benzene rings is 5. The fourth-order valence-electron chi connectivity index (χ4n) is 9.41. The van der Waals surface area contributed by atoms with Crippen molar-refractivity contribution in [3.63, 3.8) is 0 Å². The van der Waals surface area contributed by atoms with Crippen LogP contribution in [0, 0.1) is 37.0 Å². The third-order valence-corrected chi connectivity index (χ3v) is 12.2. The van der Waals surface area contributed by atoms with E-state index >= 15 is 0 Å². The third kappa shape index (κ3) is 6.84. The Morgan fingerprint density at radius 2 is 1.27 bits per heavy atom. The van der Waals surface area contributed by atoms with Crippen molar-refractivity contribution in [3.8, 4) is 62.2 Å². The van der Waals surface area contributed by atoms with E-state index in [0.717, 1.165) is 50.7 Å². The quantitative estimate of drug-likeness (QED) is 0.131. The summed E-state index contributed by atoms with van der Waals surface area (Å²) in [6.07, 6.45) is 1.80. The minimum Gasteiger partial charge on any atom is -0.305 e. The van der Waals surface area contributed by atoms with E-state index in [4.69, 9.17) is 6.57 Å². The van der Waals surface area contributed by atoms with E-state index in [1.54, 1.807) is 6.20 Å². The van der Waals surface area contributed by atoms with Gasteiger partial charge in [0.25, 0.3) is 0 Å².